The minimum Gasteiger partial charge on any atom is -0.493 e. The lowest BCUT2D eigenvalue weighted by Crippen LogP contribution is -1.99. The van der Waals surface area contributed by atoms with Crippen LogP contribution < -0.4 is 4.74 Å². The lowest BCUT2D eigenvalue weighted by Gasteiger charge is -2.06. The van der Waals surface area contributed by atoms with Gasteiger partial charge in [0.1, 0.15) is 5.75 Å². The van der Waals surface area contributed by atoms with E-state index >= 15 is 0 Å². The maximum Gasteiger partial charge on any atom is 0.120 e. The number of benzene rings is 2. The summed E-state index contributed by atoms with van der Waals surface area (Å²) in [5, 5.41) is 0.771. The van der Waals surface area contributed by atoms with Crippen molar-refractivity contribution < 1.29 is 4.74 Å². The van der Waals surface area contributed by atoms with Gasteiger partial charge in [-0.15, -0.1) is 11.8 Å². The van der Waals surface area contributed by atoms with E-state index in [1.165, 1.54) is 4.90 Å². The van der Waals surface area contributed by atoms with Gasteiger partial charge >= 0.3 is 0 Å². The molecule has 0 aliphatic rings. The average molecular weight is 344 g/mol. The highest BCUT2D eigenvalue weighted by Gasteiger charge is 1.97. The second-order valence-corrected chi connectivity index (χ2v) is 6.13. The van der Waals surface area contributed by atoms with Crippen LogP contribution in [0.25, 0.3) is 0 Å². The summed E-state index contributed by atoms with van der Waals surface area (Å²) in [6, 6.07) is 15.7. The highest BCUT2D eigenvalue weighted by molar-refractivity contribution is 9.10. The minimum atomic E-state index is 0.674. The third-order valence-electron chi connectivity index (χ3n) is 2.21. The molecule has 0 bridgehead atoms. The zero-order valence-electron chi connectivity index (χ0n) is 9.61. The Bertz CT molecular complexity index is 471. The molecule has 94 valence electrons. The van der Waals surface area contributed by atoms with E-state index in [1.54, 1.807) is 11.8 Å². The minimum absolute atomic E-state index is 0.674. The topological polar surface area (TPSA) is 9.23 Å². The Hall–Kier alpha value is -0.640. The van der Waals surface area contributed by atoms with Gasteiger partial charge in [0.15, 0.2) is 0 Å². The Kier molecular flexibility index (Phi) is 5.42. The molecular formula is C14H12BrClOS. The summed E-state index contributed by atoms with van der Waals surface area (Å²) in [6.07, 6.45) is 0. The second-order valence-electron chi connectivity index (χ2n) is 3.61. The highest BCUT2D eigenvalue weighted by Crippen LogP contribution is 2.22. The first kappa shape index (κ1) is 13.8. The van der Waals surface area contributed by atoms with Gasteiger partial charge in [-0.05, 0) is 36.4 Å². The fourth-order valence-electron chi connectivity index (χ4n) is 1.43. The van der Waals surface area contributed by atoms with Gasteiger partial charge < -0.3 is 4.74 Å². The van der Waals surface area contributed by atoms with Crippen molar-refractivity contribution in [3.63, 3.8) is 0 Å². The molecule has 0 aliphatic carbocycles. The lowest BCUT2D eigenvalue weighted by atomic mass is 10.3. The van der Waals surface area contributed by atoms with Gasteiger partial charge in [0.25, 0.3) is 0 Å². The van der Waals surface area contributed by atoms with Crippen LogP contribution in [0.2, 0.25) is 5.02 Å². The molecule has 2 rings (SSSR count). The summed E-state index contributed by atoms with van der Waals surface area (Å²) in [4.78, 5) is 1.17. The lowest BCUT2D eigenvalue weighted by molar-refractivity contribution is 0.344. The van der Waals surface area contributed by atoms with Crippen molar-refractivity contribution in [3.8, 4) is 5.75 Å². The summed E-state index contributed by atoms with van der Waals surface area (Å²) in [7, 11) is 0. The first-order valence-corrected chi connectivity index (χ1v) is 7.66. The van der Waals surface area contributed by atoms with Crippen molar-refractivity contribution in [2.45, 2.75) is 4.90 Å². The maximum atomic E-state index is 5.92. The number of thioether (sulfide) groups is 1. The Morgan fingerprint density at radius 3 is 2.72 bits per heavy atom. The van der Waals surface area contributed by atoms with Gasteiger partial charge in [0.2, 0.25) is 0 Å². The van der Waals surface area contributed by atoms with Crippen molar-refractivity contribution in [1.29, 1.82) is 0 Å². The van der Waals surface area contributed by atoms with Crippen LogP contribution in [-0.2, 0) is 0 Å². The van der Waals surface area contributed by atoms with Gasteiger partial charge in [-0.3, -0.25) is 0 Å². The molecule has 0 saturated heterocycles. The van der Waals surface area contributed by atoms with Crippen LogP contribution in [0.4, 0.5) is 0 Å². The first-order chi connectivity index (χ1) is 8.74. The monoisotopic (exact) mass is 342 g/mol. The highest BCUT2D eigenvalue weighted by atomic mass is 79.9. The number of hydrogen-bond donors (Lipinski definition) is 0. The molecule has 0 fully saturated rings. The SMILES string of the molecule is Clc1cccc(SCCOc2cccc(Br)c2)c1. The molecule has 0 radical (unpaired) electrons. The predicted molar refractivity (Wildman–Crippen MR) is 81.8 cm³/mol. The largest absolute Gasteiger partial charge is 0.493 e. The van der Waals surface area contributed by atoms with E-state index in [0.717, 1.165) is 21.0 Å². The Balaban J connectivity index is 1.76. The van der Waals surface area contributed by atoms with Crippen molar-refractivity contribution >= 4 is 39.3 Å². The third-order valence-corrected chi connectivity index (χ3v) is 3.90. The molecule has 1 nitrogen and oxygen atoms in total. The Morgan fingerprint density at radius 2 is 1.94 bits per heavy atom. The standard InChI is InChI=1S/C14H12BrClOS/c15-11-3-1-5-13(9-11)17-7-8-18-14-6-2-4-12(16)10-14/h1-6,9-10H,7-8H2. The van der Waals surface area contributed by atoms with Crippen LogP contribution >= 0.6 is 39.3 Å². The quantitative estimate of drug-likeness (QED) is 0.540. The van der Waals surface area contributed by atoms with E-state index in [2.05, 4.69) is 22.0 Å². The second kappa shape index (κ2) is 7.07. The van der Waals surface area contributed by atoms with E-state index in [1.807, 2.05) is 42.5 Å². The molecule has 0 saturated carbocycles. The van der Waals surface area contributed by atoms with Crippen LogP contribution in [0.5, 0.6) is 5.75 Å². The maximum absolute atomic E-state index is 5.92. The fourth-order valence-corrected chi connectivity index (χ4v) is 2.85. The number of hydrogen-bond acceptors (Lipinski definition) is 2. The number of halogens is 2. The summed E-state index contributed by atoms with van der Waals surface area (Å²) < 4.78 is 6.69. The zero-order valence-corrected chi connectivity index (χ0v) is 12.8. The van der Waals surface area contributed by atoms with Crippen molar-refractivity contribution in [2.75, 3.05) is 12.4 Å². The molecule has 0 heterocycles. The zero-order chi connectivity index (χ0) is 12.8. The molecule has 0 atom stereocenters. The summed E-state index contributed by atoms with van der Waals surface area (Å²) in [6.45, 7) is 0.674. The Labute approximate surface area is 125 Å². The van der Waals surface area contributed by atoms with Crippen LogP contribution in [0.15, 0.2) is 57.9 Å². The van der Waals surface area contributed by atoms with Crippen LogP contribution in [0.3, 0.4) is 0 Å². The molecule has 4 heteroatoms. The van der Waals surface area contributed by atoms with Gasteiger partial charge in [-0.25, -0.2) is 0 Å². The molecule has 18 heavy (non-hydrogen) atoms. The third kappa shape index (κ3) is 4.56. The molecule has 0 N–H and O–H groups in total. The molecule has 0 unspecified atom stereocenters. The van der Waals surface area contributed by atoms with E-state index in [4.69, 9.17) is 16.3 Å². The molecular weight excluding hydrogens is 332 g/mol. The van der Waals surface area contributed by atoms with E-state index < -0.39 is 0 Å². The number of ether oxygens (including phenoxy) is 1. The molecule has 0 spiro atoms. The fraction of sp³-hybridized carbons (Fsp3) is 0.143. The van der Waals surface area contributed by atoms with Crippen molar-refractivity contribution in [1.82, 2.24) is 0 Å². The van der Waals surface area contributed by atoms with Crippen LogP contribution in [0.1, 0.15) is 0 Å². The number of rotatable bonds is 5. The molecule has 0 aromatic heterocycles. The van der Waals surface area contributed by atoms with E-state index in [0.29, 0.717) is 6.61 Å². The van der Waals surface area contributed by atoms with Crippen LogP contribution in [-0.4, -0.2) is 12.4 Å². The molecule has 0 aliphatic heterocycles. The van der Waals surface area contributed by atoms with E-state index in [9.17, 15) is 0 Å². The van der Waals surface area contributed by atoms with Crippen LogP contribution in [0, 0.1) is 0 Å². The van der Waals surface area contributed by atoms with Gasteiger partial charge in [-0.1, -0.05) is 39.7 Å². The van der Waals surface area contributed by atoms with Gasteiger partial charge in [0, 0.05) is 20.1 Å². The first-order valence-electron chi connectivity index (χ1n) is 5.51. The van der Waals surface area contributed by atoms with Gasteiger partial charge in [0.05, 0.1) is 6.61 Å². The normalized spacial score (nSPS) is 10.3. The molecule has 0 amide bonds. The molecule has 2 aromatic carbocycles. The summed E-state index contributed by atoms with van der Waals surface area (Å²) in [5.41, 5.74) is 0. The average Bonchev–Trinajstić information content (AvgIpc) is 2.35. The van der Waals surface area contributed by atoms with E-state index in [-0.39, 0.29) is 0 Å². The van der Waals surface area contributed by atoms with Crippen molar-refractivity contribution in [2.24, 2.45) is 0 Å². The van der Waals surface area contributed by atoms with Crippen molar-refractivity contribution in [3.05, 3.63) is 58.0 Å². The Morgan fingerprint density at radius 1 is 1.11 bits per heavy atom. The summed E-state index contributed by atoms with van der Waals surface area (Å²) >= 11 is 11.1. The summed E-state index contributed by atoms with van der Waals surface area (Å²) in [5.74, 6) is 1.78. The predicted octanol–water partition coefficient (Wildman–Crippen LogP) is 5.27. The van der Waals surface area contributed by atoms with Gasteiger partial charge in [-0.2, -0.15) is 0 Å². The smallest absolute Gasteiger partial charge is 0.120 e. The molecule has 2 aromatic rings.